The van der Waals surface area contributed by atoms with Gasteiger partial charge >= 0.3 is 0 Å². The van der Waals surface area contributed by atoms with Crippen molar-refractivity contribution in [3.8, 4) is 5.75 Å². The maximum atomic E-state index is 13.7. The van der Waals surface area contributed by atoms with Crippen LogP contribution in [0.2, 0.25) is 0 Å². The molecule has 1 aliphatic heterocycles. The van der Waals surface area contributed by atoms with Gasteiger partial charge in [-0.1, -0.05) is 72.5 Å². The number of carbonyl (C=O) groups is 1. The molecule has 4 nitrogen and oxygen atoms in total. The van der Waals surface area contributed by atoms with Crippen molar-refractivity contribution in [3.05, 3.63) is 95.6 Å². The van der Waals surface area contributed by atoms with Gasteiger partial charge in [-0.05, 0) is 89.8 Å². The molecule has 4 rings (SSSR count). The third-order valence-corrected chi connectivity index (χ3v) is 8.54. The third kappa shape index (κ3) is 8.03. The van der Waals surface area contributed by atoms with Gasteiger partial charge in [0, 0.05) is 11.6 Å². The van der Waals surface area contributed by atoms with Crippen molar-refractivity contribution in [2.45, 2.75) is 69.6 Å². The predicted octanol–water partition coefficient (Wildman–Crippen LogP) is 8.38. The summed E-state index contributed by atoms with van der Waals surface area (Å²) in [4.78, 5) is 14.3. The molecular formula is C33H38F2INO3. The van der Waals surface area contributed by atoms with Gasteiger partial charge in [-0.15, -0.1) is 0 Å². The minimum absolute atomic E-state index is 0.0448. The quantitative estimate of drug-likeness (QED) is 0.0726. The average Bonchev–Trinajstić information content (AvgIpc) is 2.96. The van der Waals surface area contributed by atoms with Gasteiger partial charge in [0.15, 0.2) is 0 Å². The predicted molar refractivity (Wildman–Crippen MR) is 164 cm³/mol. The van der Waals surface area contributed by atoms with E-state index in [1.54, 1.807) is 24.3 Å². The molecule has 0 amide bonds. The van der Waals surface area contributed by atoms with Crippen LogP contribution in [-0.2, 0) is 4.79 Å². The number of alkyl halides is 1. The Morgan fingerprint density at radius 2 is 1.45 bits per heavy atom. The lowest BCUT2D eigenvalue weighted by molar-refractivity contribution is -0.112. The van der Waals surface area contributed by atoms with Crippen LogP contribution in [0.15, 0.2) is 72.8 Å². The number of ether oxygens (including phenoxy) is 1. The molecule has 0 spiro atoms. The van der Waals surface area contributed by atoms with Crippen molar-refractivity contribution in [2.24, 2.45) is 5.92 Å². The Morgan fingerprint density at radius 1 is 0.850 bits per heavy atom. The number of aldehydes is 1. The van der Waals surface area contributed by atoms with Crippen LogP contribution < -0.4 is 9.64 Å². The van der Waals surface area contributed by atoms with E-state index in [1.165, 1.54) is 60.8 Å². The van der Waals surface area contributed by atoms with Crippen molar-refractivity contribution >= 4 is 34.6 Å². The molecule has 1 aliphatic rings. The van der Waals surface area contributed by atoms with E-state index >= 15 is 0 Å². The maximum absolute atomic E-state index is 13.7. The number of anilines is 1. The molecule has 0 radical (unpaired) electrons. The van der Waals surface area contributed by atoms with Crippen LogP contribution in [0.25, 0.3) is 0 Å². The van der Waals surface area contributed by atoms with Gasteiger partial charge in [-0.3, -0.25) is 0 Å². The summed E-state index contributed by atoms with van der Waals surface area (Å²) < 4.78 is 34.2. The minimum Gasteiger partial charge on any atom is -0.494 e. The van der Waals surface area contributed by atoms with Gasteiger partial charge in [0.05, 0.1) is 24.8 Å². The largest absolute Gasteiger partial charge is 0.494 e. The van der Waals surface area contributed by atoms with E-state index < -0.39 is 12.1 Å². The van der Waals surface area contributed by atoms with Crippen LogP contribution in [0.4, 0.5) is 14.5 Å². The summed E-state index contributed by atoms with van der Waals surface area (Å²) in [6.07, 6.45) is 8.56. The normalized spacial score (nSPS) is 19.2. The van der Waals surface area contributed by atoms with Crippen LogP contribution in [0, 0.1) is 17.6 Å². The molecule has 0 bridgehead atoms. The second kappa shape index (κ2) is 15.5. The molecule has 1 heterocycles. The van der Waals surface area contributed by atoms with Gasteiger partial charge < -0.3 is 19.5 Å². The first-order chi connectivity index (χ1) is 19.5. The van der Waals surface area contributed by atoms with Crippen LogP contribution in [-0.4, -0.2) is 28.5 Å². The third-order valence-electron chi connectivity index (χ3n) is 7.78. The number of halogens is 3. The molecule has 3 aromatic rings. The van der Waals surface area contributed by atoms with E-state index in [4.69, 9.17) is 4.74 Å². The fourth-order valence-electron chi connectivity index (χ4n) is 5.59. The van der Waals surface area contributed by atoms with Crippen molar-refractivity contribution in [1.82, 2.24) is 0 Å². The summed E-state index contributed by atoms with van der Waals surface area (Å²) in [6, 6.07) is 19.5. The number of benzene rings is 3. The first-order valence-corrected chi connectivity index (χ1v) is 15.8. The molecule has 3 aromatic carbocycles. The lowest BCUT2D eigenvalue weighted by Crippen LogP contribution is -2.59. The number of unbranched alkanes of at least 4 members (excludes halogenated alkanes) is 5. The fourth-order valence-corrected chi connectivity index (χ4v) is 6.13. The summed E-state index contributed by atoms with van der Waals surface area (Å²) in [5.41, 5.74) is 2.46. The molecule has 1 saturated heterocycles. The van der Waals surface area contributed by atoms with E-state index in [0.717, 1.165) is 29.7 Å². The van der Waals surface area contributed by atoms with Crippen molar-refractivity contribution in [3.63, 3.8) is 0 Å². The van der Waals surface area contributed by atoms with Gasteiger partial charge in [-0.25, -0.2) is 8.78 Å². The second-order valence-electron chi connectivity index (χ2n) is 10.5. The van der Waals surface area contributed by atoms with Crippen molar-refractivity contribution in [1.29, 1.82) is 0 Å². The highest BCUT2D eigenvalue weighted by atomic mass is 127. The molecule has 1 N–H and O–H groups in total. The minimum atomic E-state index is -0.754. The first kappa shape index (κ1) is 30.4. The standard InChI is InChI=1S/C33H38F2INO3/c34-26-11-7-24(8-12-26)32(39)20-19-30-31(23-38)37(28-15-13-27(35)14-16-28)33(30)25-9-17-29(18-10-25)40-22-6-4-2-1-3-5-21-36/h7-18,23,30-33,39H,1-6,19-22H2. The van der Waals surface area contributed by atoms with Gasteiger partial charge in [0.2, 0.25) is 0 Å². The van der Waals surface area contributed by atoms with Crippen LogP contribution >= 0.6 is 22.6 Å². The molecule has 4 atom stereocenters. The molecular weight excluding hydrogens is 623 g/mol. The van der Waals surface area contributed by atoms with Crippen molar-refractivity contribution < 1.29 is 23.4 Å². The Kier molecular flexibility index (Phi) is 11.8. The molecule has 1 fully saturated rings. The van der Waals surface area contributed by atoms with E-state index in [0.29, 0.717) is 25.0 Å². The highest BCUT2D eigenvalue weighted by Gasteiger charge is 2.48. The first-order valence-electron chi connectivity index (χ1n) is 14.2. The molecule has 7 heteroatoms. The number of aliphatic hydroxyl groups is 1. The molecule has 214 valence electrons. The number of aliphatic hydroxyl groups excluding tert-OH is 1. The summed E-state index contributed by atoms with van der Waals surface area (Å²) >= 11 is 2.43. The van der Waals surface area contributed by atoms with Crippen LogP contribution in [0.5, 0.6) is 5.75 Å². The zero-order valence-electron chi connectivity index (χ0n) is 22.7. The van der Waals surface area contributed by atoms with Gasteiger partial charge in [-0.2, -0.15) is 0 Å². The Bertz CT molecular complexity index is 1170. The number of hydrogen-bond acceptors (Lipinski definition) is 4. The molecule has 40 heavy (non-hydrogen) atoms. The van der Waals surface area contributed by atoms with E-state index in [1.807, 2.05) is 29.2 Å². The lowest BCUT2D eigenvalue weighted by atomic mass is 9.73. The van der Waals surface area contributed by atoms with Gasteiger partial charge in [0.1, 0.15) is 23.7 Å². The Hall–Kier alpha value is -2.52. The summed E-state index contributed by atoms with van der Waals surface area (Å²) in [6.45, 7) is 0.688. The second-order valence-corrected chi connectivity index (χ2v) is 11.6. The smallest absolute Gasteiger partial charge is 0.142 e. The van der Waals surface area contributed by atoms with Gasteiger partial charge in [0.25, 0.3) is 0 Å². The summed E-state index contributed by atoms with van der Waals surface area (Å²) in [5, 5.41) is 10.7. The fraction of sp³-hybridized carbons (Fsp3) is 0.424. The Balaban J connectivity index is 1.41. The summed E-state index contributed by atoms with van der Waals surface area (Å²) in [7, 11) is 0. The highest BCUT2D eigenvalue weighted by molar-refractivity contribution is 14.1. The van der Waals surface area contributed by atoms with Crippen LogP contribution in [0.1, 0.15) is 74.6 Å². The zero-order chi connectivity index (χ0) is 28.3. The zero-order valence-corrected chi connectivity index (χ0v) is 24.9. The maximum Gasteiger partial charge on any atom is 0.142 e. The van der Waals surface area contributed by atoms with E-state index in [-0.39, 0.29) is 23.6 Å². The number of nitrogens with zero attached hydrogens (tertiary/aromatic N) is 1. The molecule has 0 saturated carbocycles. The Labute approximate surface area is 249 Å². The van der Waals surface area contributed by atoms with Crippen LogP contribution in [0.3, 0.4) is 0 Å². The van der Waals surface area contributed by atoms with Crippen molar-refractivity contribution in [2.75, 3.05) is 15.9 Å². The number of rotatable bonds is 16. The molecule has 0 aromatic heterocycles. The topological polar surface area (TPSA) is 49.8 Å². The highest BCUT2D eigenvalue weighted by Crippen LogP contribution is 2.49. The number of carbonyl (C=O) groups excluding carboxylic acids is 1. The SMILES string of the molecule is O=CC1C(CCC(O)c2ccc(F)cc2)C(c2ccc(OCCCCCCCCI)cc2)N1c1ccc(F)cc1. The number of hydrogen-bond donors (Lipinski definition) is 1. The molecule has 4 unspecified atom stereocenters. The van der Waals surface area contributed by atoms with E-state index in [9.17, 15) is 18.7 Å². The van der Waals surface area contributed by atoms with E-state index in [2.05, 4.69) is 22.6 Å². The average molecular weight is 662 g/mol. The monoisotopic (exact) mass is 661 g/mol. The molecule has 0 aliphatic carbocycles. The lowest BCUT2D eigenvalue weighted by Gasteiger charge is -2.55. The Morgan fingerprint density at radius 3 is 2.08 bits per heavy atom. The summed E-state index contributed by atoms with van der Waals surface area (Å²) in [5.74, 6) is 0.0956.